The molecule has 2 heterocycles. The first-order valence-corrected chi connectivity index (χ1v) is 7.15. The Bertz CT molecular complexity index is 449. The van der Waals surface area contributed by atoms with Gasteiger partial charge in [0.25, 0.3) is 0 Å². The normalized spacial score (nSPS) is 19.8. The lowest BCUT2D eigenvalue weighted by atomic mass is 10.0. The molecule has 0 spiro atoms. The van der Waals surface area contributed by atoms with E-state index in [1.54, 1.807) is 0 Å². The molecule has 1 saturated heterocycles. The lowest BCUT2D eigenvalue weighted by molar-refractivity contribution is 0.249. The fourth-order valence-corrected chi connectivity index (χ4v) is 3.11. The number of rotatable bonds is 2. The van der Waals surface area contributed by atoms with Gasteiger partial charge in [0.1, 0.15) is 0 Å². The zero-order valence-corrected chi connectivity index (χ0v) is 12.2. The van der Waals surface area contributed by atoms with Gasteiger partial charge in [0, 0.05) is 31.9 Å². The first-order chi connectivity index (χ1) is 9.15. The summed E-state index contributed by atoms with van der Waals surface area (Å²) in [7, 11) is 6.52. The summed E-state index contributed by atoms with van der Waals surface area (Å²) in [6, 6.07) is 7.54. The second-order valence-electron chi connectivity index (χ2n) is 5.92. The highest BCUT2D eigenvalue weighted by molar-refractivity contribution is 5.78. The summed E-state index contributed by atoms with van der Waals surface area (Å²) in [5.41, 5.74) is 3.95. The molecule has 0 atom stereocenters. The Balaban J connectivity index is 1.72. The van der Waals surface area contributed by atoms with Gasteiger partial charge in [0.05, 0.1) is 18.0 Å². The number of benzene rings is 1. The van der Waals surface area contributed by atoms with Crippen LogP contribution in [-0.4, -0.2) is 51.8 Å². The molecule has 0 bridgehead atoms. The van der Waals surface area contributed by atoms with Crippen LogP contribution < -0.4 is 15.1 Å². The zero-order valence-electron chi connectivity index (χ0n) is 12.2. The van der Waals surface area contributed by atoms with E-state index < -0.39 is 0 Å². The molecular weight excluding hydrogens is 236 g/mol. The minimum Gasteiger partial charge on any atom is -0.371 e. The first kappa shape index (κ1) is 12.6. The van der Waals surface area contributed by atoms with Crippen molar-refractivity contribution in [2.45, 2.75) is 18.9 Å². The van der Waals surface area contributed by atoms with Crippen LogP contribution in [-0.2, 0) is 0 Å². The predicted molar refractivity (Wildman–Crippen MR) is 82.3 cm³/mol. The van der Waals surface area contributed by atoms with E-state index in [1.807, 2.05) is 0 Å². The monoisotopic (exact) mass is 260 g/mol. The van der Waals surface area contributed by atoms with Gasteiger partial charge in [-0.2, -0.15) is 0 Å². The molecule has 1 N–H and O–H groups in total. The van der Waals surface area contributed by atoms with Crippen LogP contribution >= 0.6 is 0 Å². The average Bonchev–Trinajstić information content (AvgIpc) is 2.80. The summed E-state index contributed by atoms with van der Waals surface area (Å²) < 4.78 is 0. The second kappa shape index (κ2) is 4.93. The molecule has 4 nitrogen and oxygen atoms in total. The number of nitrogens with zero attached hydrogens (tertiary/aromatic N) is 3. The minimum absolute atomic E-state index is 0.745. The highest BCUT2D eigenvalue weighted by Gasteiger charge is 2.22. The Hall–Kier alpha value is -1.42. The standard InChI is InChI=1S/C15H24N4/c1-17(2)12-6-8-19(9-7-12)13-4-5-14-15(10-13)18(3)11-16-14/h4-5,10,12,16H,6-9,11H2,1-3H3. The van der Waals surface area contributed by atoms with Crippen LogP contribution in [0, 0.1) is 0 Å². The number of piperidine rings is 1. The summed E-state index contributed by atoms with van der Waals surface area (Å²) in [6.07, 6.45) is 2.52. The van der Waals surface area contributed by atoms with Crippen molar-refractivity contribution >= 4 is 17.1 Å². The molecule has 1 fully saturated rings. The van der Waals surface area contributed by atoms with E-state index >= 15 is 0 Å². The van der Waals surface area contributed by atoms with Crippen molar-refractivity contribution in [3.05, 3.63) is 18.2 Å². The fraction of sp³-hybridized carbons (Fsp3) is 0.600. The van der Waals surface area contributed by atoms with Crippen LogP contribution in [0.1, 0.15) is 12.8 Å². The molecule has 0 aliphatic carbocycles. The molecule has 2 aliphatic heterocycles. The van der Waals surface area contributed by atoms with Gasteiger partial charge in [-0.1, -0.05) is 0 Å². The van der Waals surface area contributed by atoms with Crippen molar-refractivity contribution < 1.29 is 0 Å². The van der Waals surface area contributed by atoms with Crippen LogP contribution in [0.3, 0.4) is 0 Å². The van der Waals surface area contributed by atoms with Gasteiger partial charge in [-0.3, -0.25) is 0 Å². The fourth-order valence-electron chi connectivity index (χ4n) is 3.11. The number of fused-ring (bicyclic) bond motifs is 1. The van der Waals surface area contributed by atoms with Crippen LogP contribution in [0.25, 0.3) is 0 Å². The summed E-state index contributed by atoms with van der Waals surface area (Å²) >= 11 is 0. The highest BCUT2D eigenvalue weighted by Crippen LogP contribution is 2.34. The van der Waals surface area contributed by atoms with E-state index in [1.165, 1.54) is 43.0 Å². The molecule has 19 heavy (non-hydrogen) atoms. The third-order valence-corrected chi connectivity index (χ3v) is 4.46. The van der Waals surface area contributed by atoms with Gasteiger partial charge in [0.15, 0.2) is 0 Å². The molecule has 3 rings (SSSR count). The lowest BCUT2D eigenvalue weighted by Gasteiger charge is -2.36. The van der Waals surface area contributed by atoms with Gasteiger partial charge in [-0.05, 0) is 45.1 Å². The molecule has 0 saturated carbocycles. The van der Waals surface area contributed by atoms with E-state index in [2.05, 4.69) is 59.4 Å². The van der Waals surface area contributed by atoms with Crippen LogP contribution in [0.4, 0.5) is 17.1 Å². The highest BCUT2D eigenvalue weighted by atomic mass is 15.3. The van der Waals surface area contributed by atoms with Gasteiger partial charge >= 0.3 is 0 Å². The largest absolute Gasteiger partial charge is 0.371 e. The van der Waals surface area contributed by atoms with Gasteiger partial charge in [-0.15, -0.1) is 0 Å². The molecule has 104 valence electrons. The third-order valence-electron chi connectivity index (χ3n) is 4.46. The quantitative estimate of drug-likeness (QED) is 0.878. The molecule has 0 radical (unpaired) electrons. The van der Waals surface area contributed by atoms with Crippen LogP contribution in [0.5, 0.6) is 0 Å². The number of nitrogens with one attached hydrogen (secondary N) is 1. The van der Waals surface area contributed by atoms with Crippen molar-refractivity contribution in [1.29, 1.82) is 0 Å². The van der Waals surface area contributed by atoms with Crippen molar-refractivity contribution in [3.8, 4) is 0 Å². The molecule has 0 amide bonds. The van der Waals surface area contributed by atoms with Gasteiger partial charge in [0.2, 0.25) is 0 Å². The Labute approximate surface area is 116 Å². The van der Waals surface area contributed by atoms with Gasteiger partial charge in [-0.25, -0.2) is 0 Å². The maximum absolute atomic E-state index is 3.40. The molecular formula is C15H24N4. The van der Waals surface area contributed by atoms with E-state index in [9.17, 15) is 0 Å². The van der Waals surface area contributed by atoms with E-state index in [-0.39, 0.29) is 0 Å². The van der Waals surface area contributed by atoms with Gasteiger partial charge < -0.3 is 20.0 Å². The molecule has 4 heteroatoms. The molecule has 2 aliphatic rings. The third kappa shape index (κ3) is 2.37. The molecule has 1 aromatic carbocycles. The summed E-state index contributed by atoms with van der Waals surface area (Å²) in [6.45, 7) is 3.25. The van der Waals surface area contributed by atoms with Crippen LogP contribution in [0.15, 0.2) is 18.2 Å². The van der Waals surface area contributed by atoms with Crippen molar-refractivity contribution in [1.82, 2.24) is 4.90 Å². The zero-order chi connectivity index (χ0) is 13.4. The number of anilines is 3. The van der Waals surface area contributed by atoms with E-state index in [0.29, 0.717) is 0 Å². The first-order valence-electron chi connectivity index (χ1n) is 7.15. The van der Waals surface area contributed by atoms with Crippen molar-refractivity contribution in [2.24, 2.45) is 0 Å². The minimum atomic E-state index is 0.745. The Morgan fingerprint density at radius 1 is 1.21 bits per heavy atom. The lowest BCUT2D eigenvalue weighted by Crippen LogP contribution is -2.42. The second-order valence-corrected chi connectivity index (χ2v) is 5.92. The molecule has 0 aromatic heterocycles. The maximum atomic E-state index is 3.40. The average molecular weight is 260 g/mol. The van der Waals surface area contributed by atoms with E-state index in [0.717, 1.165) is 12.7 Å². The van der Waals surface area contributed by atoms with Crippen molar-refractivity contribution in [2.75, 3.05) is 56.0 Å². The number of hydrogen-bond donors (Lipinski definition) is 1. The summed E-state index contributed by atoms with van der Waals surface area (Å²) in [5, 5.41) is 3.40. The smallest absolute Gasteiger partial charge is 0.0874 e. The number of hydrogen-bond acceptors (Lipinski definition) is 4. The van der Waals surface area contributed by atoms with E-state index in [4.69, 9.17) is 0 Å². The maximum Gasteiger partial charge on any atom is 0.0874 e. The molecule has 1 aromatic rings. The summed E-state index contributed by atoms with van der Waals surface area (Å²) in [4.78, 5) is 7.15. The van der Waals surface area contributed by atoms with Crippen molar-refractivity contribution in [3.63, 3.8) is 0 Å². The topological polar surface area (TPSA) is 21.8 Å². The Morgan fingerprint density at radius 2 is 1.95 bits per heavy atom. The Kier molecular flexibility index (Phi) is 3.27. The molecule has 0 unspecified atom stereocenters. The Morgan fingerprint density at radius 3 is 2.63 bits per heavy atom. The summed E-state index contributed by atoms with van der Waals surface area (Å²) in [5.74, 6) is 0. The predicted octanol–water partition coefficient (Wildman–Crippen LogP) is 2.04. The van der Waals surface area contributed by atoms with Crippen LogP contribution in [0.2, 0.25) is 0 Å². The SMILES string of the molecule is CN1CNc2ccc(N3CCC(N(C)C)CC3)cc21.